The molecule has 0 bridgehead atoms. The molecule has 1 saturated heterocycles. The molecule has 0 atom stereocenters. The summed E-state index contributed by atoms with van der Waals surface area (Å²) in [4.78, 5) is 19.6. The molecule has 0 saturated carbocycles. The van der Waals surface area contributed by atoms with Crippen molar-refractivity contribution in [1.29, 1.82) is 0 Å². The number of hydrogen-bond acceptors (Lipinski definition) is 5. The molecule has 0 spiro atoms. The number of nitrogens with two attached hydrogens (primary N) is 1. The molecule has 8 heteroatoms. The summed E-state index contributed by atoms with van der Waals surface area (Å²) in [7, 11) is 0. The maximum Gasteiger partial charge on any atom is 0.266 e. The Kier molecular flexibility index (Phi) is 5.96. The number of piperidine rings is 1. The Bertz CT molecular complexity index is 1660. The number of hydrogen-bond donors (Lipinski definition) is 1. The second-order valence-electron chi connectivity index (χ2n) is 9.89. The molecular weight excluding hydrogens is 467 g/mol. The minimum Gasteiger partial charge on any atom is -0.370 e. The molecule has 2 aromatic carbocycles. The van der Waals surface area contributed by atoms with Gasteiger partial charge in [-0.2, -0.15) is 5.10 Å². The first-order valence-electron chi connectivity index (χ1n) is 12.7. The summed E-state index contributed by atoms with van der Waals surface area (Å²) in [6.07, 6.45) is 6.49. The van der Waals surface area contributed by atoms with E-state index in [-0.39, 0.29) is 17.4 Å². The van der Waals surface area contributed by atoms with Gasteiger partial charge in [0.05, 0.1) is 22.9 Å². The maximum absolute atomic E-state index is 13.9. The van der Waals surface area contributed by atoms with E-state index in [4.69, 9.17) is 5.73 Å². The van der Waals surface area contributed by atoms with Crippen LogP contribution in [0, 0.1) is 12.7 Å². The number of anilines is 1. The molecule has 188 valence electrons. The van der Waals surface area contributed by atoms with Crippen LogP contribution in [0.2, 0.25) is 0 Å². The highest BCUT2D eigenvalue weighted by Crippen LogP contribution is 2.25. The van der Waals surface area contributed by atoms with Gasteiger partial charge in [0.25, 0.3) is 5.56 Å². The van der Waals surface area contributed by atoms with Crippen LogP contribution < -0.4 is 16.2 Å². The number of pyridine rings is 1. The predicted octanol–water partition coefficient (Wildman–Crippen LogP) is 4.35. The molecule has 1 fully saturated rings. The predicted molar refractivity (Wildman–Crippen MR) is 145 cm³/mol. The number of rotatable bonds is 5. The van der Waals surface area contributed by atoms with Crippen LogP contribution in [0.5, 0.6) is 0 Å². The van der Waals surface area contributed by atoms with Gasteiger partial charge in [0.1, 0.15) is 5.82 Å². The minimum absolute atomic E-state index is 0.170. The SMILES string of the molecule is Cc1cn(-c2ccc(=O)n(CCc3ccc4ncc(N5CCC(N)CC5)cc4c3)n2)c2cc(F)ccc12. The number of nitrogens with zero attached hydrogens (tertiary/aromatic N) is 5. The molecule has 1 aliphatic rings. The fourth-order valence-electron chi connectivity index (χ4n) is 5.18. The van der Waals surface area contributed by atoms with Crippen LogP contribution in [0.25, 0.3) is 27.6 Å². The summed E-state index contributed by atoms with van der Waals surface area (Å²) in [5.41, 5.74) is 10.8. The van der Waals surface area contributed by atoms with Crippen LogP contribution in [-0.4, -0.2) is 38.5 Å². The first-order chi connectivity index (χ1) is 17.9. The zero-order valence-electron chi connectivity index (χ0n) is 20.8. The second kappa shape index (κ2) is 9.44. The quantitative estimate of drug-likeness (QED) is 0.391. The van der Waals surface area contributed by atoms with Crippen molar-refractivity contribution in [3.8, 4) is 5.82 Å². The average molecular weight is 497 g/mol. The highest BCUT2D eigenvalue weighted by molar-refractivity contribution is 5.85. The van der Waals surface area contributed by atoms with Gasteiger partial charge in [-0.1, -0.05) is 6.07 Å². The molecule has 3 aromatic heterocycles. The molecular formula is C29H29FN6O. The average Bonchev–Trinajstić information content (AvgIpc) is 3.23. The third-order valence-corrected chi connectivity index (χ3v) is 7.31. The van der Waals surface area contributed by atoms with Gasteiger partial charge in [0.2, 0.25) is 0 Å². The van der Waals surface area contributed by atoms with Gasteiger partial charge in [0.15, 0.2) is 5.82 Å². The summed E-state index contributed by atoms with van der Waals surface area (Å²) in [5.74, 6) is 0.273. The van der Waals surface area contributed by atoms with Crippen LogP contribution >= 0.6 is 0 Å². The van der Waals surface area contributed by atoms with Crippen molar-refractivity contribution < 1.29 is 4.39 Å². The van der Waals surface area contributed by atoms with E-state index in [1.54, 1.807) is 12.1 Å². The topological polar surface area (TPSA) is 82.0 Å². The Hall–Kier alpha value is -4.04. The molecule has 0 aliphatic carbocycles. The van der Waals surface area contributed by atoms with Gasteiger partial charge >= 0.3 is 0 Å². The number of benzene rings is 2. The fourth-order valence-corrected chi connectivity index (χ4v) is 5.18. The monoisotopic (exact) mass is 496 g/mol. The van der Waals surface area contributed by atoms with Crippen molar-refractivity contribution in [2.45, 2.75) is 38.8 Å². The maximum atomic E-state index is 13.9. The highest BCUT2D eigenvalue weighted by Gasteiger charge is 2.17. The van der Waals surface area contributed by atoms with Gasteiger partial charge in [-0.3, -0.25) is 14.3 Å². The molecule has 0 radical (unpaired) electrons. The van der Waals surface area contributed by atoms with Crippen LogP contribution in [0.15, 0.2) is 71.8 Å². The standard InChI is InChI=1S/C29H29FN6O/c1-19-18-35(27-16-22(30)3-4-25(19)27)28-6-7-29(37)36(33-28)13-8-20-2-5-26-21(14-20)15-24(17-32-26)34-11-9-23(31)10-12-34/h2-7,14-18,23H,8-13,31H2,1H3. The Labute approximate surface area is 214 Å². The highest BCUT2D eigenvalue weighted by atomic mass is 19.1. The number of halogens is 1. The van der Waals surface area contributed by atoms with Crippen molar-refractivity contribution >= 4 is 27.5 Å². The van der Waals surface area contributed by atoms with E-state index in [1.165, 1.54) is 22.9 Å². The van der Waals surface area contributed by atoms with Gasteiger partial charge in [-0.15, -0.1) is 0 Å². The van der Waals surface area contributed by atoms with Gasteiger partial charge in [0, 0.05) is 48.7 Å². The molecule has 4 heterocycles. The van der Waals surface area contributed by atoms with E-state index < -0.39 is 0 Å². The lowest BCUT2D eigenvalue weighted by molar-refractivity contribution is 0.501. The van der Waals surface area contributed by atoms with E-state index in [0.717, 1.165) is 64.6 Å². The smallest absolute Gasteiger partial charge is 0.266 e. The summed E-state index contributed by atoms with van der Waals surface area (Å²) < 4.78 is 17.3. The van der Waals surface area contributed by atoms with Crippen LogP contribution in [0.1, 0.15) is 24.0 Å². The number of aromatic nitrogens is 4. The van der Waals surface area contributed by atoms with E-state index in [9.17, 15) is 9.18 Å². The largest absolute Gasteiger partial charge is 0.370 e. The molecule has 0 unspecified atom stereocenters. The minimum atomic E-state index is -0.307. The molecule has 37 heavy (non-hydrogen) atoms. The summed E-state index contributed by atoms with van der Waals surface area (Å²) in [5, 5.41) is 6.64. The Morgan fingerprint density at radius 2 is 1.89 bits per heavy atom. The molecule has 0 amide bonds. The van der Waals surface area contributed by atoms with Gasteiger partial charge in [-0.25, -0.2) is 9.07 Å². The number of fused-ring (bicyclic) bond motifs is 2. The molecule has 2 N–H and O–H groups in total. The molecule has 6 rings (SSSR count). The van der Waals surface area contributed by atoms with Crippen LogP contribution in [-0.2, 0) is 13.0 Å². The van der Waals surface area contributed by atoms with Crippen molar-refractivity contribution in [2.75, 3.05) is 18.0 Å². The van der Waals surface area contributed by atoms with E-state index >= 15 is 0 Å². The lowest BCUT2D eigenvalue weighted by Gasteiger charge is -2.31. The summed E-state index contributed by atoms with van der Waals surface area (Å²) in [6, 6.07) is 16.6. The molecule has 1 aliphatic heterocycles. The van der Waals surface area contributed by atoms with Gasteiger partial charge < -0.3 is 10.6 Å². The van der Waals surface area contributed by atoms with E-state index in [0.29, 0.717) is 18.8 Å². The lowest BCUT2D eigenvalue weighted by Crippen LogP contribution is -2.39. The molecule has 7 nitrogen and oxygen atoms in total. The third kappa shape index (κ3) is 4.60. The fraction of sp³-hybridized carbons (Fsp3) is 0.276. The van der Waals surface area contributed by atoms with Crippen LogP contribution in [0.4, 0.5) is 10.1 Å². The summed E-state index contributed by atoms with van der Waals surface area (Å²) >= 11 is 0. The van der Waals surface area contributed by atoms with E-state index in [1.807, 2.05) is 30.0 Å². The normalized spacial score (nSPS) is 14.6. The Morgan fingerprint density at radius 3 is 2.73 bits per heavy atom. The molecule has 5 aromatic rings. The van der Waals surface area contributed by atoms with Crippen molar-refractivity contribution in [3.05, 3.63) is 94.3 Å². The zero-order chi connectivity index (χ0) is 25.5. The first-order valence-corrected chi connectivity index (χ1v) is 12.7. The van der Waals surface area contributed by atoms with Gasteiger partial charge in [-0.05, 0) is 79.8 Å². The lowest BCUT2D eigenvalue weighted by atomic mass is 10.0. The Morgan fingerprint density at radius 1 is 1.05 bits per heavy atom. The Balaban J connectivity index is 1.25. The van der Waals surface area contributed by atoms with Crippen LogP contribution in [0.3, 0.4) is 0 Å². The van der Waals surface area contributed by atoms with Crippen molar-refractivity contribution in [2.24, 2.45) is 5.73 Å². The van der Waals surface area contributed by atoms with Crippen molar-refractivity contribution in [1.82, 2.24) is 19.3 Å². The third-order valence-electron chi connectivity index (χ3n) is 7.31. The summed E-state index contributed by atoms with van der Waals surface area (Å²) in [6.45, 7) is 4.30. The second-order valence-corrected chi connectivity index (χ2v) is 9.89. The number of aryl methyl sites for hydroxylation is 3. The van der Waals surface area contributed by atoms with E-state index in [2.05, 4.69) is 33.2 Å². The van der Waals surface area contributed by atoms with Crippen molar-refractivity contribution in [3.63, 3.8) is 0 Å². The first kappa shape index (κ1) is 23.4. The zero-order valence-corrected chi connectivity index (χ0v) is 20.8.